The largest absolute Gasteiger partial charge is 0.390 e. The third kappa shape index (κ3) is 4.28. The van der Waals surface area contributed by atoms with Crippen LogP contribution in [0.1, 0.15) is 31.8 Å². The lowest BCUT2D eigenvalue weighted by molar-refractivity contribution is 0.0750. The Morgan fingerprint density at radius 2 is 1.69 bits per heavy atom. The van der Waals surface area contributed by atoms with Crippen molar-refractivity contribution in [3.05, 3.63) is 70.8 Å². The highest BCUT2D eigenvalue weighted by atomic mass is 16.5. The maximum absolute atomic E-state index is 12.8. The van der Waals surface area contributed by atoms with Crippen molar-refractivity contribution < 1.29 is 19.4 Å². The number of ether oxygens (including phenoxy) is 1. The molecule has 2 unspecified atom stereocenters. The second-order valence-electron chi connectivity index (χ2n) is 9.08. The fourth-order valence-electron chi connectivity index (χ4n) is 4.99. The smallest absolute Gasteiger partial charge is 0.253 e. The predicted octanol–water partition coefficient (Wildman–Crippen LogP) is 1.21. The van der Waals surface area contributed by atoms with E-state index in [1.807, 2.05) is 17.0 Å². The summed E-state index contributed by atoms with van der Waals surface area (Å²) in [6, 6.07) is 14.8. The van der Waals surface area contributed by atoms with Crippen LogP contribution in [0.2, 0.25) is 0 Å². The molecule has 2 fully saturated rings. The summed E-state index contributed by atoms with van der Waals surface area (Å²) in [5.41, 5.74) is 3.55. The van der Waals surface area contributed by atoms with Crippen molar-refractivity contribution in [2.24, 2.45) is 11.8 Å². The Hall–Kier alpha value is -2.74. The number of fused-ring (bicyclic) bond motifs is 2. The van der Waals surface area contributed by atoms with E-state index in [4.69, 9.17) is 4.74 Å². The van der Waals surface area contributed by atoms with Gasteiger partial charge in [0.25, 0.3) is 11.8 Å². The second-order valence-corrected chi connectivity index (χ2v) is 9.08. The Morgan fingerprint density at radius 3 is 2.41 bits per heavy atom. The quantitative estimate of drug-likeness (QED) is 0.657. The van der Waals surface area contributed by atoms with E-state index in [-0.39, 0.29) is 24.4 Å². The first-order valence-corrected chi connectivity index (χ1v) is 11.3. The highest BCUT2D eigenvalue weighted by Crippen LogP contribution is 2.30. The molecule has 2 saturated heterocycles. The fourth-order valence-corrected chi connectivity index (χ4v) is 4.99. The molecular formula is C25H29N3O4. The highest BCUT2D eigenvalue weighted by Gasteiger charge is 2.39. The van der Waals surface area contributed by atoms with E-state index in [9.17, 15) is 14.7 Å². The Kier molecular flexibility index (Phi) is 5.95. The Labute approximate surface area is 187 Å². The minimum absolute atomic E-state index is 0.00503. The summed E-state index contributed by atoms with van der Waals surface area (Å²) in [6.45, 7) is 3.84. The molecule has 2 aromatic rings. The molecule has 3 aliphatic rings. The number of carbonyl (C=O) groups excluding carboxylic acids is 2. The minimum atomic E-state index is -0.688. The van der Waals surface area contributed by atoms with Gasteiger partial charge in [-0.15, -0.1) is 0 Å². The summed E-state index contributed by atoms with van der Waals surface area (Å²) < 4.78 is 5.48. The first kappa shape index (κ1) is 21.1. The molecule has 7 nitrogen and oxygen atoms in total. The highest BCUT2D eigenvalue weighted by molar-refractivity contribution is 5.98. The van der Waals surface area contributed by atoms with Crippen molar-refractivity contribution in [1.29, 1.82) is 0 Å². The van der Waals surface area contributed by atoms with E-state index in [1.54, 1.807) is 24.3 Å². The summed E-state index contributed by atoms with van der Waals surface area (Å²) in [5, 5.41) is 16.7. The van der Waals surface area contributed by atoms with Gasteiger partial charge in [0.05, 0.1) is 19.3 Å². The predicted molar refractivity (Wildman–Crippen MR) is 119 cm³/mol. The van der Waals surface area contributed by atoms with Crippen LogP contribution in [0.3, 0.4) is 0 Å². The summed E-state index contributed by atoms with van der Waals surface area (Å²) >= 11 is 0. The number of nitrogens with zero attached hydrogens (tertiary/aromatic N) is 1. The molecule has 2 aromatic carbocycles. The van der Waals surface area contributed by atoms with E-state index in [1.165, 1.54) is 11.1 Å². The SMILES string of the molecule is O=C(NC[C@@H](O)[C@@H]1Cc2ccccc2CN1)c1ccc(C(=O)N2CC3COCC3C2)cc1. The van der Waals surface area contributed by atoms with Crippen LogP contribution in [0.5, 0.6) is 0 Å². The van der Waals surface area contributed by atoms with Crippen molar-refractivity contribution in [1.82, 2.24) is 15.5 Å². The van der Waals surface area contributed by atoms with E-state index in [2.05, 4.69) is 22.8 Å². The van der Waals surface area contributed by atoms with Gasteiger partial charge in [-0.2, -0.15) is 0 Å². The first-order valence-electron chi connectivity index (χ1n) is 11.3. The minimum Gasteiger partial charge on any atom is -0.390 e. The summed E-state index contributed by atoms with van der Waals surface area (Å²) in [4.78, 5) is 27.2. The third-order valence-electron chi connectivity index (χ3n) is 6.97. The van der Waals surface area contributed by atoms with Gasteiger partial charge in [0, 0.05) is 55.2 Å². The molecule has 4 atom stereocenters. The second kappa shape index (κ2) is 9.02. The van der Waals surface area contributed by atoms with Crippen LogP contribution < -0.4 is 10.6 Å². The van der Waals surface area contributed by atoms with E-state index < -0.39 is 6.10 Å². The van der Waals surface area contributed by atoms with E-state index >= 15 is 0 Å². The van der Waals surface area contributed by atoms with Gasteiger partial charge in [-0.05, 0) is 41.8 Å². The topological polar surface area (TPSA) is 90.9 Å². The number of rotatable bonds is 5. The van der Waals surface area contributed by atoms with Gasteiger partial charge in [-0.3, -0.25) is 9.59 Å². The Balaban J connectivity index is 1.13. The molecule has 0 aromatic heterocycles. The molecule has 0 bridgehead atoms. The van der Waals surface area contributed by atoms with Gasteiger partial charge in [0.2, 0.25) is 0 Å². The monoisotopic (exact) mass is 435 g/mol. The lowest BCUT2D eigenvalue weighted by Gasteiger charge is -2.30. The van der Waals surface area contributed by atoms with Gasteiger partial charge in [-0.1, -0.05) is 24.3 Å². The molecule has 168 valence electrons. The molecule has 5 rings (SSSR count). The van der Waals surface area contributed by atoms with Gasteiger partial charge in [-0.25, -0.2) is 0 Å². The van der Waals surface area contributed by atoms with Crippen molar-refractivity contribution >= 4 is 11.8 Å². The number of aliphatic hydroxyl groups excluding tert-OH is 1. The summed E-state index contributed by atoms with van der Waals surface area (Å²) in [7, 11) is 0. The molecular weight excluding hydrogens is 406 g/mol. The molecule has 3 aliphatic heterocycles. The van der Waals surface area contributed by atoms with Gasteiger partial charge < -0.3 is 25.4 Å². The fraction of sp³-hybridized carbons (Fsp3) is 0.440. The number of carbonyl (C=O) groups is 2. The van der Waals surface area contributed by atoms with Crippen molar-refractivity contribution in [2.45, 2.75) is 25.1 Å². The Morgan fingerprint density at radius 1 is 1.03 bits per heavy atom. The van der Waals surface area contributed by atoms with Crippen LogP contribution in [-0.2, 0) is 17.7 Å². The van der Waals surface area contributed by atoms with Crippen molar-refractivity contribution in [3.8, 4) is 0 Å². The van der Waals surface area contributed by atoms with Crippen LogP contribution in [-0.4, -0.2) is 66.8 Å². The molecule has 0 radical (unpaired) electrons. The molecule has 0 saturated carbocycles. The Bertz CT molecular complexity index is 981. The average molecular weight is 436 g/mol. The van der Waals surface area contributed by atoms with E-state index in [0.29, 0.717) is 29.5 Å². The number of aliphatic hydroxyl groups is 1. The van der Waals surface area contributed by atoms with Crippen molar-refractivity contribution in [3.63, 3.8) is 0 Å². The van der Waals surface area contributed by atoms with E-state index in [0.717, 1.165) is 32.7 Å². The van der Waals surface area contributed by atoms with Crippen LogP contribution in [0.4, 0.5) is 0 Å². The summed E-state index contributed by atoms with van der Waals surface area (Å²) in [5.74, 6) is 0.641. The average Bonchev–Trinajstić information content (AvgIpc) is 3.44. The maximum atomic E-state index is 12.8. The summed E-state index contributed by atoms with van der Waals surface area (Å²) in [6.07, 6.45) is 0.0423. The van der Waals surface area contributed by atoms with Gasteiger partial charge >= 0.3 is 0 Å². The zero-order chi connectivity index (χ0) is 22.1. The lowest BCUT2D eigenvalue weighted by atomic mass is 9.93. The molecule has 2 amide bonds. The number of benzene rings is 2. The lowest BCUT2D eigenvalue weighted by Crippen LogP contribution is -2.49. The molecule has 3 heterocycles. The van der Waals surface area contributed by atoms with Crippen LogP contribution in [0.15, 0.2) is 48.5 Å². The number of amides is 2. The zero-order valence-corrected chi connectivity index (χ0v) is 18.0. The molecule has 0 spiro atoms. The number of likely N-dealkylation sites (tertiary alicyclic amines) is 1. The van der Waals surface area contributed by atoms with Gasteiger partial charge in [0.15, 0.2) is 0 Å². The molecule has 0 aliphatic carbocycles. The van der Waals surface area contributed by atoms with Crippen LogP contribution in [0.25, 0.3) is 0 Å². The normalized spacial score (nSPS) is 25.2. The first-order chi connectivity index (χ1) is 15.6. The van der Waals surface area contributed by atoms with Crippen LogP contribution >= 0.6 is 0 Å². The third-order valence-corrected chi connectivity index (χ3v) is 6.97. The molecule has 32 heavy (non-hydrogen) atoms. The maximum Gasteiger partial charge on any atom is 0.253 e. The molecule has 3 N–H and O–H groups in total. The number of hydrogen-bond acceptors (Lipinski definition) is 5. The zero-order valence-electron chi connectivity index (χ0n) is 18.0. The number of nitrogens with one attached hydrogen (secondary N) is 2. The van der Waals surface area contributed by atoms with Crippen molar-refractivity contribution in [2.75, 3.05) is 32.8 Å². The standard InChI is InChI=1S/C25H29N3O4/c29-23(22-9-18-3-1-2-4-19(18)10-26-22)11-27-24(30)16-5-7-17(8-6-16)25(31)28-12-20-14-32-15-21(20)13-28/h1-8,20-23,26,29H,9-15H2,(H,27,30)/t20?,21?,22-,23+/m0/s1. The van der Waals surface area contributed by atoms with Gasteiger partial charge in [0.1, 0.15) is 0 Å². The van der Waals surface area contributed by atoms with Crippen LogP contribution in [0, 0.1) is 11.8 Å². The number of hydrogen-bond donors (Lipinski definition) is 3. The molecule has 7 heteroatoms.